The van der Waals surface area contributed by atoms with Crippen LogP contribution in [0, 0.1) is 0 Å². The van der Waals surface area contributed by atoms with Gasteiger partial charge < -0.3 is 10.2 Å². The molecule has 1 saturated heterocycles. The molecule has 0 aliphatic carbocycles. The molecule has 1 heterocycles. The van der Waals surface area contributed by atoms with Crippen LogP contribution >= 0.6 is 11.8 Å². The number of nitrogens with one attached hydrogen (secondary N) is 1. The standard InChI is InChI=1S/C9H15F3N2OS/c1-7-8(15)14(4-2-3-13-7)5-6-16-9(10,11)12/h7,13H,2-6H2,1H3. The van der Waals surface area contributed by atoms with E-state index in [0.717, 1.165) is 13.0 Å². The summed E-state index contributed by atoms with van der Waals surface area (Å²) in [4.78, 5) is 13.2. The fourth-order valence-electron chi connectivity index (χ4n) is 1.55. The van der Waals surface area contributed by atoms with Crippen LogP contribution in [0.5, 0.6) is 0 Å². The van der Waals surface area contributed by atoms with E-state index in [9.17, 15) is 18.0 Å². The number of halogens is 3. The number of carbonyl (C=O) groups is 1. The van der Waals surface area contributed by atoms with Gasteiger partial charge >= 0.3 is 5.51 Å². The van der Waals surface area contributed by atoms with Crippen LogP contribution in [0.2, 0.25) is 0 Å². The summed E-state index contributed by atoms with van der Waals surface area (Å²) in [5.74, 6) is -0.206. The quantitative estimate of drug-likeness (QED) is 0.829. The monoisotopic (exact) mass is 256 g/mol. The van der Waals surface area contributed by atoms with Crippen molar-refractivity contribution < 1.29 is 18.0 Å². The first-order valence-electron chi connectivity index (χ1n) is 5.13. The average Bonchev–Trinajstić information content (AvgIpc) is 2.31. The first kappa shape index (κ1) is 13.6. The van der Waals surface area contributed by atoms with Crippen LogP contribution in [-0.2, 0) is 4.79 Å². The summed E-state index contributed by atoms with van der Waals surface area (Å²) >= 11 is -0.0770. The molecule has 0 spiro atoms. The van der Waals surface area contributed by atoms with Crippen LogP contribution < -0.4 is 5.32 Å². The van der Waals surface area contributed by atoms with Crippen molar-refractivity contribution in [3.05, 3.63) is 0 Å². The van der Waals surface area contributed by atoms with Gasteiger partial charge in [-0.25, -0.2) is 0 Å². The number of thioether (sulfide) groups is 1. The SMILES string of the molecule is CC1NCCCN(CCSC(F)(F)F)C1=O. The van der Waals surface area contributed by atoms with Crippen LogP contribution in [-0.4, -0.2) is 47.7 Å². The molecular weight excluding hydrogens is 241 g/mol. The van der Waals surface area contributed by atoms with Gasteiger partial charge in [-0.3, -0.25) is 4.79 Å². The van der Waals surface area contributed by atoms with Crippen molar-refractivity contribution in [2.75, 3.05) is 25.4 Å². The van der Waals surface area contributed by atoms with Crippen molar-refractivity contribution in [2.24, 2.45) is 0 Å². The van der Waals surface area contributed by atoms with Crippen LogP contribution in [0.4, 0.5) is 13.2 Å². The zero-order valence-electron chi connectivity index (χ0n) is 9.01. The van der Waals surface area contributed by atoms with Crippen LogP contribution in [0.25, 0.3) is 0 Å². The van der Waals surface area contributed by atoms with Gasteiger partial charge in [0.2, 0.25) is 5.91 Å². The van der Waals surface area contributed by atoms with Crippen LogP contribution in [0.3, 0.4) is 0 Å². The molecule has 94 valence electrons. The summed E-state index contributed by atoms with van der Waals surface area (Å²) in [5.41, 5.74) is -4.21. The predicted octanol–water partition coefficient (Wildman–Crippen LogP) is 1.45. The Morgan fingerprint density at radius 3 is 2.88 bits per heavy atom. The molecule has 3 nitrogen and oxygen atoms in total. The van der Waals surface area contributed by atoms with Gasteiger partial charge in [-0.05, 0) is 31.7 Å². The van der Waals surface area contributed by atoms with E-state index < -0.39 is 5.51 Å². The maximum Gasteiger partial charge on any atom is 0.441 e. The Kier molecular flexibility index (Phi) is 4.91. The van der Waals surface area contributed by atoms with E-state index >= 15 is 0 Å². The summed E-state index contributed by atoms with van der Waals surface area (Å²) in [5, 5.41) is 3.01. The molecule has 1 rings (SSSR count). The second-order valence-corrected chi connectivity index (χ2v) is 4.81. The number of nitrogens with zero attached hydrogens (tertiary/aromatic N) is 1. The number of hydrogen-bond acceptors (Lipinski definition) is 3. The second kappa shape index (κ2) is 5.77. The lowest BCUT2D eigenvalue weighted by Gasteiger charge is -2.22. The summed E-state index contributed by atoms with van der Waals surface area (Å²) in [6.45, 7) is 3.16. The molecule has 1 aliphatic heterocycles. The van der Waals surface area contributed by atoms with E-state index in [1.54, 1.807) is 6.92 Å². The number of carbonyl (C=O) groups excluding carboxylic acids is 1. The summed E-state index contributed by atoms with van der Waals surface area (Å²) in [6, 6.07) is -0.293. The van der Waals surface area contributed by atoms with Gasteiger partial charge in [-0.2, -0.15) is 13.2 Å². The minimum Gasteiger partial charge on any atom is -0.340 e. The predicted molar refractivity (Wildman–Crippen MR) is 57.2 cm³/mol. The van der Waals surface area contributed by atoms with Crippen molar-refractivity contribution in [1.29, 1.82) is 0 Å². The van der Waals surface area contributed by atoms with Gasteiger partial charge in [0.15, 0.2) is 0 Å². The lowest BCUT2D eigenvalue weighted by Crippen LogP contribution is -2.42. The van der Waals surface area contributed by atoms with Crippen LogP contribution in [0.15, 0.2) is 0 Å². The smallest absolute Gasteiger partial charge is 0.340 e. The normalized spacial score (nSPS) is 23.4. The highest BCUT2D eigenvalue weighted by molar-refractivity contribution is 8.00. The Morgan fingerprint density at radius 1 is 1.56 bits per heavy atom. The highest BCUT2D eigenvalue weighted by Gasteiger charge is 2.29. The highest BCUT2D eigenvalue weighted by Crippen LogP contribution is 2.29. The maximum atomic E-state index is 11.9. The van der Waals surface area contributed by atoms with E-state index in [1.807, 2.05) is 0 Å². The topological polar surface area (TPSA) is 32.3 Å². The average molecular weight is 256 g/mol. The van der Waals surface area contributed by atoms with Crippen molar-refractivity contribution in [1.82, 2.24) is 10.2 Å². The van der Waals surface area contributed by atoms with E-state index in [-0.39, 0.29) is 36.0 Å². The summed E-state index contributed by atoms with van der Waals surface area (Å²) < 4.78 is 35.7. The molecule has 1 N–H and O–H groups in total. The van der Waals surface area contributed by atoms with Gasteiger partial charge in [0, 0.05) is 18.8 Å². The fraction of sp³-hybridized carbons (Fsp3) is 0.889. The fourth-order valence-corrected chi connectivity index (χ4v) is 2.10. The van der Waals surface area contributed by atoms with Crippen molar-refractivity contribution in [3.63, 3.8) is 0 Å². The lowest BCUT2D eigenvalue weighted by atomic mass is 10.3. The van der Waals surface area contributed by atoms with Crippen molar-refractivity contribution in [3.8, 4) is 0 Å². The number of rotatable bonds is 3. The molecule has 1 fully saturated rings. The first-order chi connectivity index (χ1) is 7.40. The number of amides is 1. The molecule has 1 amide bonds. The number of hydrogen-bond donors (Lipinski definition) is 1. The minimum atomic E-state index is -4.21. The van der Waals surface area contributed by atoms with Gasteiger partial charge in [-0.15, -0.1) is 0 Å². The molecule has 16 heavy (non-hydrogen) atoms. The Balaban J connectivity index is 2.37. The van der Waals surface area contributed by atoms with Crippen molar-refractivity contribution in [2.45, 2.75) is 24.9 Å². The molecule has 0 aromatic carbocycles. The molecule has 0 aromatic rings. The summed E-state index contributed by atoms with van der Waals surface area (Å²) in [6.07, 6.45) is 0.784. The van der Waals surface area contributed by atoms with Crippen LogP contribution in [0.1, 0.15) is 13.3 Å². The highest BCUT2D eigenvalue weighted by atomic mass is 32.2. The van der Waals surface area contributed by atoms with E-state index in [1.165, 1.54) is 4.90 Å². The van der Waals surface area contributed by atoms with Gasteiger partial charge in [0.1, 0.15) is 0 Å². The Bertz CT molecular complexity index is 247. The first-order valence-corrected chi connectivity index (χ1v) is 6.11. The van der Waals surface area contributed by atoms with Gasteiger partial charge in [-0.1, -0.05) is 0 Å². The Hall–Kier alpha value is -0.430. The largest absolute Gasteiger partial charge is 0.441 e. The third-order valence-electron chi connectivity index (χ3n) is 2.36. The molecular formula is C9H15F3N2OS. The molecule has 1 unspecified atom stereocenters. The van der Waals surface area contributed by atoms with Gasteiger partial charge in [0.25, 0.3) is 0 Å². The van der Waals surface area contributed by atoms with E-state index in [4.69, 9.17) is 0 Å². The zero-order chi connectivity index (χ0) is 12.2. The third-order valence-corrected chi connectivity index (χ3v) is 3.08. The minimum absolute atomic E-state index is 0.0770. The molecule has 0 bridgehead atoms. The van der Waals surface area contributed by atoms with E-state index in [0.29, 0.717) is 6.54 Å². The Morgan fingerprint density at radius 2 is 2.25 bits per heavy atom. The second-order valence-electron chi connectivity index (χ2n) is 3.65. The van der Waals surface area contributed by atoms with Gasteiger partial charge in [0.05, 0.1) is 6.04 Å². The molecule has 1 atom stereocenters. The summed E-state index contributed by atoms with van der Waals surface area (Å²) in [7, 11) is 0. The maximum absolute atomic E-state index is 11.9. The Labute approximate surface area is 96.7 Å². The molecule has 0 aromatic heterocycles. The molecule has 0 radical (unpaired) electrons. The lowest BCUT2D eigenvalue weighted by molar-refractivity contribution is -0.132. The molecule has 1 aliphatic rings. The van der Waals surface area contributed by atoms with E-state index in [2.05, 4.69) is 5.32 Å². The zero-order valence-corrected chi connectivity index (χ0v) is 9.83. The molecule has 7 heteroatoms. The van der Waals surface area contributed by atoms with Crippen molar-refractivity contribution >= 4 is 17.7 Å². The number of alkyl halides is 3. The third kappa shape index (κ3) is 4.61. The molecule has 0 saturated carbocycles.